The highest BCUT2D eigenvalue weighted by Crippen LogP contribution is 2.51. The minimum Gasteiger partial charge on any atom is -0.383 e. The number of hydrogen-bond donors (Lipinski definition) is 2. The smallest absolute Gasteiger partial charge is 0.235 e. The monoisotopic (exact) mass is 446 g/mol. The molecule has 1 amide bonds. The molecular weight excluding hydrogens is 416 g/mol. The third-order valence-corrected chi connectivity index (χ3v) is 6.83. The van der Waals surface area contributed by atoms with Crippen LogP contribution < -0.4 is 10.6 Å². The number of nitrogens with one attached hydrogen (secondary N) is 2. The molecule has 0 atom stereocenters. The number of aryl methyl sites for hydroxylation is 1. The van der Waals surface area contributed by atoms with E-state index in [2.05, 4.69) is 83.4 Å². The van der Waals surface area contributed by atoms with Crippen molar-refractivity contribution in [2.24, 2.45) is 0 Å². The molecule has 0 fully saturated rings. The summed E-state index contributed by atoms with van der Waals surface area (Å²) in [6.07, 6.45) is 2.66. The van der Waals surface area contributed by atoms with Crippen LogP contribution in [0.15, 0.2) is 109 Å². The number of rotatable bonds is 9. The number of carbonyl (C=O) groups is 1. The van der Waals surface area contributed by atoms with Gasteiger partial charge in [0, 0.05) is 18.8 Å². The van der Waals surface area contributed by atoms with Crippen LogP contribution in [-0.2, 0) is 16.6 Å². The minimum absolute atomic E-state index is 0.0906. The third-order valence-electron chi connectivity index (χ3n) is 6.83. The number of fused-ring (bicyclic) bond motifs is 3. The number of benzene rings is 4. The zero-order valence-electron chi connectivity index (χ0n) is 19.3. The Labute approximate surface area is 201 Å². The molecule has 2 N–H and O–H groups in total. The first-order valence-corrected chi connectivity index (χ1v) is 12.1. The van der Waals surface area contributed by atoms with E-state index in [0.29, 0.717) is 13.1 Å². The maximum atomic E-state index is 14.0. The molecule has 1 aliphatic rings. The third kappa shape index (κ3) is 4.22. The Morgan fingerprint density at radius 2 is 1.21 bits per heavy atom. The summed E-state index contributed by atoms with van der Waals surface area (Å²) in [6.45, 7) is 1.25. The van der Waals surface area contributed by atoms with E-state index in [1.165, 1.54) is 16.7 Å². The van der Waals surface area contributed by atoms with E-state index >= 15 is 0 Å². The van der Waals surface area contributed by atoms with Crippen LogP contribution in [0.25, 0.3) is 11.1 Å². The highest BCUT2D eigenvalue weighted by Gasteiger charge is 2.48. The van der Waals surface area contributed by atoms with Crippen molar-refractivity contribution in [1.82, 2.24) is 5.32 Å². The molecule has 0 heterocycles. The van der Waals surface area contributed by atoms with Crippen molar-refractivity contribution in [3.8, 4) is 11.1 Å². The molecule has 0 saturated heterocycles. The Hall–Kier alpha value is -3.85. The number of para-hydroxylation sites is 1. The summed E-state index contributed by atoms with van der Waals surface area (Å²) in [7, 11) is 0. The molecular formula is C31H30N2O. The lowest BCUT2D eigenvalue weighted by molar-refractivity contribution is -0.125. The van der Waals surface area contributed by atoms with Crippen LogP contribution >= 0.6 is 0 Å². The van der Waals surface area contributed by atoms with Crippen molar-refractivity contribution >= 4 is 11.6 Å². The van der Waals surface area contributed by atoms with Gasteiger partial charge in [0.1, 0.15) is 5.41 Å². The molecule has 3 nitrogen and oxygen atoms in total. The molecule has 0 saturated carbocycles. The molecule has 1 aliphatic carbocycles. The van der Waals surface area contributed by atoms with Crippen LogP contribution in [0.1, 0.15) is 29.5 Å². The zero-order valence-corrected chi connectivity index (χ0v) is 19.3. The second kappa shape index (κ2) is 9.96. The maximum absolute atomic E-state index is 14.0. The van der Waals surface area contributed by atoms with Gasteiger partial charge in [-0.05, 0) is 59.2 Å². The van der Waals surface area contributed by atoms with Gasteiger partial charge in [-0.2, -0.15) is 0 Å². The van der Waals surface area contributed by atoms with Gasteiger partial charge in [-0.15, -0.1) is 0 Å². The van der Waals surface area contributed by atoms with E-state index in [0.717, 1.165) is 36.1 Å². The Kier molecular flexibility index (Phi) is 6.44. The van der Waals surface area contributed by atoms with Crippen molar-refractivity contribution in [3.05, 3.63) is 126 Å². The molecule has 0 aliphatic heterocycles. The summed E-state index contributed by atoms with van der Waals surface area (Å²) in [6, 6.07) is 37.5. The second-order valence-corrected chi connectivity index (χ2v) is 8.88. The van der Waals surface area contributed by atoms with Gasteiger partial charge in [0.2, 0.25) is 5.91 Å². The largest absolute Gasteiger partial charge is 0.383 e. The van der Waals surface area contributed by atoms with Gasteiger partial charge in [-0.3, -0.25) is 4.79 Å². The Balaban J connectivity index is 1.40. The lowest BCUT2D eigenvalue weighted by atomic mass is 9.73. The highest BCUT2D eigenvalue weighted by molar-refractivity contribution is 6.00. The second-order valence-electron chi connectivity index (χ2n) is 8.88. The van der Waals surface area contributed by atoms with Gasteiger partial charge in [-0.25, -0.2) is 0 Å². The molecule has 4 aromatic rings. The van der Waals surface area contributed by atoms with E-state index in [-0.39, 0.29) is 5.91 Å². The SMILES string of the molecule is O=C(NCCNc1ccccc1)C1(CCCc2ccccc2)c2ccccc2-c2ccccc21. The van der Waals surface area contributed by atoms with Gasteiger partial charge in [0.05, 0.1) is 0 Å². The fourth-order valence-electron chi connectivity index (χ4n) is 5.24. The van der Waals surface area contributed by atoms with Gasteiger partial charge in [-0.1, -0.05) is 97.1 Å². The molecule has 0 radical (unpaired) electrons. The van der Waals surface area contributed by atoms with E-state index in [9.17, 15) is 4.79 Å². The first kappa shape index (κ1) is 22.0. The van der Waals surface area contributed by atoms with Gasteiger partial charge < -0.3 is 10.6 Å². The molecule has 0 bridgehead atoms. The van der Waals surface area contributed by atoms with Crippen molar-refractivity contribution < 1.29 is 4.79 Å². The molecule has 170 valence electrons. The maximum Gasteiger partial charge on any atom is 0.235 e. The first-order chi connectivity index (χ1) is 16.8. The summed E-state index contributed by atoms with van der Waals surface area (Å²) in [5.41, 5.74) is 6.30. The van der Waals surface area contributed by atoms with E-state index in [1.807, 2.05) is 36.4 Å². The van der Waals surface area contributed by atoms with Crippen LogP contribution in [0.4, 0.5) is 5.69 Å². The average molecular weight is 447 g/mol. The summed E-state index contributed by atoms with van der Waals surface area (Å²) in [5.74, 6) is 0.0906. The molecule has 3 heteroatoms. The molecule has 5 rings (SSSR count). The standard InChI is InChI=1S/C31H30N2O/c34-30(33-23-22-32-25-15-5-2-6-16-25)31(21-11-14-24-12-3-1-4-13-24)28-19-9-7-17-26(28)27-18-8-10-20-29(27)31/h1-10,12-13,15-20,32H,11,14,21-23H2,(H,33,34). The van der Waals surface area contributed by atoms with Crippen molar-refractivity contribution in [2.75, 3.05) is 18.4 Å². The van der Waals surface area contributed by atoms with Crippen molar-refractivity contribution in [3.63, 3.8) is 0 Å². The molecule has 34 heavy (non-hydrogen) atoms. The number of hydrogen-bond acceptors (Lipinski definition) is 2. The van der Waals surface area contributed by atoms with E-state index in [4.69, 9.17) is 0 Å². The summed E-state index contributed by atoms with van der Waals surface area (Å²) in [4.78, 5) is 14.0. The first-order valence-electron chi connectivity index (χ1n) is 12.1. The molecule has 4 aromatic carbocycles. The van der Waals surface area contributed by atoms with Crippen molar-refractivity contribution in [2.45, 2.75) is 24.7 Å². The quantitative estimate of drug-likeness (QED) is 0.300. The Morgan fingerprint density at radius 3 is 1.85 bits per heavy atom. The van der Waals surface area contributed by atoms with Crippen molar-refractivity contribution in [1.29, 1.82) is 0 Å². The lowest BCUT2D eigenvalue weighted by Crippen LogP contribution is -2.45. The normalized spacial score (nSPS) is 13.1. The molecule has 0 spiro atoms. The topological polar surface area (TPSA) is 41.1 Å². The predicted octanol–water partition coefficient (Wildman–Crippen LogP) is 6.20. The lowest BCUT2D eigenvalue weighted by Gasteiger charge is -2.31. The Bertz CT molecular complexity index is 1210. The fraction of sp³-hybridized carbons (Fsp3) is 0.194. The molecule has 0 unspecified atom stereocenters. The van der Waals surface area contributed by atoms with Crippen LogP contribution in [0.2, 0.25) is 0 Å². The van der Waals surface area contributed by atoms with Crippen LogP contribution in [0, 0.1) is 0 Å². The number of amides is 1. The van der Waals surface area contributed by atoms with Gasteiger partial charge in [0.25, 0.3) is 0 Å². The summed E-state index contributed by atoms with van der Waals surface area (Å²) >= 11 is 0. The zero-order chi connectivity index (χ0) is 23.2. The van der Waals surface area contributed by atoms with Crippen LogP contribution in [0.5, 0.6) is 0 Å². The van der Waals surface area contributed by atoms with E-state index in [1.54, 1.807) is 0 Å². The minimum atomic E-state index is -0.672. The van der Waals surface area contributed by atoms with Crippen LogP contribution in [-0.4, -0.2) is 19.0 Å². The van der Waals surface area contributed by atoms with Gasteiger partial charge >= 0.3 is 0 Å². The van der Waals surface area contributed by atoms with E-state index < -0.39 is 5.41 Å². The summed E-state index contributed by atoms with van der Waals surface area (Å²) < 4.78 is 0. The van der Waals surface area contributed by atoms with Gasteiger partial charge in [0.15, 0.2) is 0 Å². The predicted molar refractivity (Wildman–Crippen MR) is 140 cm³/mol. The average Bonchev–Trinajstić information content (AvgIpc) is 3.19. The van der Waals surface area contributed by atoms with Crippen LogP contribution in [0.3, 0.4) is 0 Å². The fourth-order valence-corrected chi connectivity index (χ4v) is 5.24. The Morgan fingerprint density at radius 1 is 0.647 bits per heavy atom. The number of carbonyl (C=O) groups excluding carboxylic acids is 1. The highest BCUT2D eigenvalue weighted by atomic mass is 16.2. The molecule has 0 aromatic heterocycles. The summed E-state index contributed by atoms with van der Waals surface area (Å²) in [5, 5.41) is 6.66. The number of anilines is 1.